The molecule has 0 heterocycles. The average Bonchev–Trinajstić information content (AvgIpc) is 3.18. The van der Waals surface area contributed by atoms with Crippen molar-refractivity contribution in [3.63, 3.8) is 0 Å². The SMILES string of the molecule is O=C(Nc1ccccc1)c1cc(C(=O)Nc2ccccc2)c2ccc3c(C(=O)Nc4ccccc4)cc(C(=O)Nc4ccccc4)c4ccc1c2c43. The number of rotatable bonds is 8. The molecule has 0 aliphatic carbocycles. The number of hydrogen-bond acceptors (Lipinski definition) is 4. The number of anilines is 4. The van der Waals surface area contributed by atoms with Crippen molar-refractivity contribution in [1.82, 2.24) is 0 Å². The maximum atomic E-state index is 14.1. The van der Waals surface area contributed by atoms with Crippen molar-refractivity contribution in [3.05, 3.63) is 180 Å². The van der Waals surface area contributed by atoms with E-state index < -0.39 is 23.6 Å². The lowest BCUT2D eigenvalue weighted by Crippen LogP contribution is -2.18. The minimum Gasteiger partial charge on any atom is -0.322 e. The molecule has 8 rings (SSSR count). The molecule has 4 amide bonds. The Bertz CT molecular complexity index is 2270. The second-order valence-corrected chi connectivity index (χ2v) is 12.3. The van der Waals surface area contributed by atoms with E-state index in [-0.39, 0.29) is 22.3 Å². The van der Waals surface area contributed by atoms with Crippen LogP contribution in [0.2, 0.25) is 0 Å². The molecule has 0 saturated carbocycles. The molecular formula is C44H30N4O4. The zero-order valence-electron chi connectivity index (χ0n) is 27.6. The Morgan fingerprint density at radius 1 is 0.288 bits per heavy atom. The highest BCUT2D eigenvalue weighted by Crippen LogP contribution is 2.41. The Morgan fingerprint density at radius 3 is 0.712 bits per heavy atom. The summed E-state index contributed by atoms with van der Waals surface area (Å²) in [6.45, 7) is 0. The van der Waals surface area contributed by atoms with Crippen molar-refractivity contribution in [3.8, 4) is 0 Å². The van der Waals surface area contributed by atoms with E-state index in [1.165, 1.54) is 0 Å². The first-order valence-corrected chi connectivity index (χ1v) is 16.7. The molecular weight excluding hydrogens is 649 g/mol. The van der Waals surface area contributed by atoms with Gasteiger partial charge in [-0.15, -0.1) is 0 Å². The maximum Gasteiger partial charge on any atom is 0.256 e. The molecule has 8 aromatic carbocycles. The number of amides is 4. The highest BCUT2D eigenvalue weighted by atomic mass is 16.2. The Labute approximate surface area is 298 Å². The van der Waals surface area contributed by atoms with Crippen molar-refractivity contribution < 1.29 is 19.2 Å². The Kier molecular flexibility index (Phi) is 8.31. The third-order valence-electron chi connectivity index (χ3n) is 9.00. The third-order valence-corrected chi connectivity index (χ3v) is 9.00. The largest absolute Gasteiger partial charge is 0.322 e. The van der Waals surface area contributed by atoms with Crippen molar-refractivity contribution in [2.24, 2.45) is 0 Å². The van der Waals surface area contributed by atoms with Crippen LogP contribution < -0.4 is 21.3 Å². The maximum absolute atomic E-state index is 14.1. The number of hydrogen-bond donors (Lipinski definition) is 4. The molecule has 0 bridgehead atoms. The smallest absolute Gasteiger partial charge is 0.256 e. The van der Waals surface area contributed by atoms with E-state index in [1.807, 2.05) is 72.8 Å². The van der Waals surface area contributed by atoms with E-state index in [0.29, 0.717) is 55.1 Å². The minimum atomic E-state index is -0.415. The first-order chi connectivity index (χ1) is 25.4. The van der Waals surface area contributed by atoms with Gasteiger partial charge in [0.25, 0.3) is 23.6 Å². The molecule has 0 unspecified atom stereocenters. The average molecular weight is 679 g/mol. The van der Waals surface area contributed by atoms with Crippen LogP contribution in [-0.2, 0) is 0 Å². The molecule has 8 aromatic rings. The summed E-state index contributed by atoms with van der Waals surface area (Å²) in [5.74, 6) is -1.66. The summed E-state index contributed by atoms with van der Waals surface area (Å²) in [7, 11) is 0. The third kappa shape index (κ3) is 6.05. The fourth-order valence-corrected chi connectivity index (χ4v) is 6.62. The number of carbonyl (C=O) groups excluding carboxylic acids is 4. The fraction of sp³-hybridized carbons (Fsp3) is 0. The molecule has 0 aliphatic heterocycles. The van der Waals surface area contributed by atoms with Gasteiger partial charge in [-0.25, -0.2) is 0 Å². The molecule has 0 atom stereocenters. The zero-order chi connectivity index (χ0) is 35.6. The highest BCUT2D eigenvalue weighted by Gasteiger charge is 2.26. The molecule has 0 fully saturated rings. The van der Waals surface area contributed by atoms with Gasteiger partial charge in [0, 0.05) is 45.0 Å². The van der Waals surface area contributed by atoms with Crippen molar-refractivity contribution in [2.45, 2.75) is 0 Å². The number of carbonyl (C=O) groups is 4. The van der Waals surface area contributed by atoms with E-state index in [2.05, 4.69) is 21.3 Å². The normalized spacial score (nSPS) is 11.0. The van der Waals surface area contributed by atoms with Crippen molar-refractivity contribution in [1.29, 1.82) is 0 Å². The van der Waals surface area contributed by atoms with Gasteiger partial charge < -0.3 is 21.3 Å². The molecule has 0 saturated heterocycles. The van der Waals surface area contributed by atoms with Gasteiger partial charge in [-0.3, -0.25) is 19.2 Å². The minimum absolute atomic E-state index is 0.262. The summed E-state index contributed by atoms with van der Waals surface area (Å²) in [4.78, 5) is 56.3. The molecule has 0 aliphatic rings. The van der Waals surface area contributed by atoms with Gasteiger partial charge >= 0.3 is 0 Å². The summed E-state index contributed by atoms with van der Waals surface area (Å²) in [6, 6.07) is 46.7. The molecule has 0 radical (unpaired) electrons. The Morgan fingerprint density at radius 2 is 0.500 bits per heavy atom. The van der Waals surface area contributed by atoms with Gasteiger partial charge in [-0.1, -0.05) is 97.1 Å². The van der Waals surface area contributed by atoms with Gasteiger partial charge in [-0.05, 0) is 93.0 Å². The first-order valence-electron chi connectivity index (χ1n) is 16.7. The summed E-state index contributed by atoms with van der Waals surface area (Å²) in [5, 5.41) is 15.3. The lowest BCUT2D eigenvalue weighted by molar-refractivity contribution is 0.101. The summed E-state index contributed by atoms with van der Waals surface area (Å²) >= 11 is 0. The van der Waals surface area contributed by atoms with Crippen LogP contribution in [0.3, 0.4) is 0 Å². The topological polar surface area (TPSA) is 116 Å². The van der Waals surface area contributed by atoms with E-state index in [1.54, 1.807) is 84.9 Å². The van der Waals surface area contributed by atoms with Crippen LogP contribution in [0.1, 0.15) is 41.4 Å². The lowest BCUT2D eigenvalue weighted by Gasteiger charge is -2.20. The van der Waals surface area contributed by atoms with Crippen molar-refractivity contribution in [2.75, 3.05) is 21.3 Å². The summed E-state index contributed by atoms with van der Waals surface area (Å²) in [6.07, 6.45) is 0. The van der Waals surface area contributed by atoms with Crippen LogP contribution in [0.4, 0.5) is 22.7 Å². The number of benzene rings is 8. The van der Waals surface area contributed by atoms with Gasteiger partial charge in [0.05, 0.1) is 0 Å². The molecule has 52 heavy (non-hydrogen) atoms. The molecule has 250 valence electrons. The van der Waals surface area contributed by atoms with Crippen LogP contribution in [0.15, 0.2) is 158 Å². The molecule has 4 N–H and O–H groups in total. The Balaban J connectivity index is 1.38. The fourth-order valence-electron chi connectivity index (χ4n) is 6.62. The van der Waals surface area contributed by atoms with Gasteiger partial charge in [0.2, 0.25) is 0 Å². The van der Waals surface area contributed by atoms with E-state index >= 15 is 0 Å². The molecule has 8 nitrogen and oxygen atoms in total. The van der Waals surface area contributed by atoms with E-state index in [4.69, 9.17) is 0 Å². The highest BCUT2D eigenvalue weighted by molar-refractivity contribution is 6.35. The van der Waals surface area contributed by atoms with Crippen molar-refractivity contribution >= 4 is 78.7 Å². The van der Waals surface area contributed by atoms with Crippen LogP contribution in [0.5, 0.6) is 0 Å². The predicted octanol–water partition coefficient (Wildman–Crippen LogP) is 9.59. The molecule has 8 heteroatoms. The summed E-state index contributed by atoms with van der Waals surface area (Å²) in [5.41, 5.74) is 3.41. The number of nitrogens with one attached hydrogen (secondary N) is 4. The van der Waals surface area contributed by atoms with Crippen LogP contribution in [0, 0.1) is 0 Å². The van der Waals surface area contributed by atoms with Crippen LogP contribution in [-0.4, -0.2) is 23.6 Å². The van der Waals surface area contributed by atoms with Crippen LogP contribution in [0.25, 0.3) is 32.3 Å². The lowest BCUT2D eigenvalue weighted by atomic mass is 9.85. The first kappa shape index (κ1) is 31.9. The van der Waals surface area contributed by atoms with E-state index in [0.717, 1.165) is 0 Å². The van der Waals surface area contributed by atoms with Gasteiger partial charge in [0.1, 0.15) is 0 Å². The predicted molar refractivity (Wildman–Crippen MR) is 208 cm³/mol. The number of para-hydroxylation sites is 4. The summed E-state index contributed by atoms with van der Waals surface area (Å²) < 4.78 is 0. The molecule has 0 spiro atoms. The zero-order valence-corrected chi connectivity index (χ0v) is 27.6. The van der Waals surface area contributed by atoms with Gasteiger partial charge in [-0.2, -0.15) is 0 Å². The van der Waals surface area contributed by atoms with Gasteiger partial charge in [0.15, 0.2) is 0 Å². The monoisotopic (exact) mass is 678 g/mol. The standard InChI is InChI=1S/C44H30N4O4/c49-41(45-27-13-5-1-6-14-27)35-25-36(42(50)46-28-15-7-2-8-16-28)32-23-24-34-38(44(52)48-30-19-11-4-12-20-30)26-37(33-22-21-31(35)39(32)40(33)34)43(51)47-29-17-9-3-10-18-29/h1-26H,(H,45,49)(H,46,50)(H,47,51)(H,48,52). The van der Waals surface area contributed by atoms with E-state index in [9.17, 15) is 19.2 Å². The second-order valence-electron chi connectivity index (χ2n) is 12.3. The van der Waals surface area contributed by atoms with Crippen LogP contribution >= 0.6 is 0 Å². The second kappa shape index (κ2) is 13.5. The quantitative estimate of drug-likeness (QED) is 0.120. The Hall–Kier alpha value is -7.32. The molecule has 0 aromatic heterocycles.